The van der Waals surface area contributed by atoms with E-state index in [1.807, 2.05) is 0 Å². The van der Waals surface area contributed by atoms with Crippen molar-refractivity contribution in [2.75, 3.05) is 11.9 Å². The molecule has 0 aliphatic heterocycles. The number of rotatable bonds is 5. The summed E-state index contributed by atoms with van der Waals surface area (Å²) in [6.07, 6.45) is 1.25. The Morgan fingerprint density at radius 1 is 1.26 bits per heavy atom. The molecule has 1 heterocycles. The molecule has 0 radical (unpaired) electrons. The molecule has 0 atom stereocenters. The molecule has 1 aromatic carbocycles. The molecule has 2 aromatic rings. The van der Waals surface area contributed by atoms with Gasteiger partial charge in [0.2, 0.25) is 0 Å². The summed E-state index contributed by atoms with van der Waals surface area (Å²) in [5, 5.41) is 11.8. The van der Waals surface area contributed by atoms with E-state index in [1.54, 1.807) is 6.92 Å². The molecule has 120 valence electrons. The second kappa shape index (κ2) is 7.30. The van der Waals surface area contributed by atoms with Gasteiger partial charge in [-0.25, -0.2) is 9.78 Å². The molecular formula is C15H12Cl2N2O4. The van der Waals surface area contributed by atoms with Gasteiger partial charge in [-0.05, 0) is 31.2 Å². The van der Waals surface area contributed by atoms with E-state index in [0.29, 0.717) is 18.0 Å². The molecular weight excluding hydrogens is 343 g/mol. The van der Waals surface area contributed by atoms with E-state index in [9.17, 15) is 9.59 Å². The molecule has 0 spiro atoms. The van der Waals surface area contributed by atoms with Crippen LogP contribution in [0.25, 0.3) is 0 Å². The molecule has 0 fully saturated rings. The molecule has 1 amide bonds. The molecule has 6 nitrogen and oxygen atoms in total. The van der Waals surface area contributed by atoms with Gasteiger partial charge in [-0.1, -0.05) is 23.2 Å². The zero-order valence-electron chi connectivity index (χ0n) is 12.0. The second-order valence-corrected chi connectivity index (χ2v) is 5.21. The van der Waals surface area contributed by atoms with Crippen LogP contribution in [0.15, 0.2) is 30.5 Å². The molecule has 8 heteroatoms. The van der Waals surface area contributed by atoms with Gasteiger partial charge >= 0.3 is 5.97 Å². The summed E-state index contributed by atoms with van der Waals surface area (Å²) in [6.45, 7) is 2.19. The smallest absolute Gasteiger partial charge is 0.354 e. The lowest BCUT2D eigenvalue weighted by Gasteiger charge is -2.10. The lowest BCUT2D eigenvalue weighted by atomic mass is 10.2. The molecule has 1 aromatic heterocycles. The van der Waals surface area contributed by atoms with Crippen LogP contribution in [0.1, 0.15) is 27.8 Å². The van der Waals surface area contributed by atoms with Crippen molar-refractivity contribution < 1.29 is 19.4 Å². The molecule has 0 aliphatic rings. The van der Waals surface area contributed by atoms with Gasteiger partial charge in [0.1, 0.15) is 5.69 Å². The summed E-state index contributed by atoms with van der Waals surface area (Å²) in [5.74, 6) is -1.28. The average molecular weight is 355 g/mol. The fourth-order valence-corrected chi connectivity index (χ4v) is 2.37. The van der Waals surface area contributed by atoms with E-state index >= 15 is 0 Å². The number of pyridine rings is 1. The molecule has 0 saturated heterocycles. The Bertz CT molecular complexity index is 725. The van der Waals surface area contributed by atoms with Gasteiger partial charge in [-0.15, -0.1) is 0 Å². The largest absolute Gasteiger partial charge is 0.491 e. The van der Waals surface area contributed by atoms with Crippen LogP contribution in [0.2, 0.25) is 10.0 Å². The van der Waals surface area contributed by atoms with Crippen molar-refractivity contribution in [2.45, 2.75) is 6.92 Å². The van der Waals surface area contributed by atoms with Crippen LogP contribution in [0.5, 0.6) is 5.75 Å². The third-order valence-electron chi connectivity index (χ3n) is 2.79. The number of carbonyl (C=O) groups excluding carboxylic acids is 1. The van der Waals surface area contributed by atoms with Gasteiger partial charge < -0.3 is 15.2 Å². The molecule has 23 heavy (non-hydrogen) atoms. The summed E-state index contributed by atoms with van der Waals surface area (Å²) in [5.41, 5.74) is 0.474. The van der Waals surface area contributed by atoms with Gasteiger partial charge in [0, 0.05) is 5.56 Å². The van der Waals surface area contributed by atoms with E-state index in [2.05, 4.69) is 10.3 Å². The number of ether oxygens (including phenoxy) is 1. The highest BCUT2D eigenvalue weighted by Crippen LogP contribution is 2.34. The van der Waals surface area contributed by atoms with Crippen LogP contribution in [0.4, 0.5) is 5.69 Å². The van der Waals surface area contributed by atoms with Gasteiger partial charge in [-0.2, -0.15) is 0 Å². The Balaban J connectivity index is 2.19. The molecule has 0 unspecified atom stereocenters. The third kappa shape index (κ3) is 4.12. The van der Waals surface area contributed by atoms with Crippen molar-refractivity contribution in [3.05, 3.63) is 51.8 Å². The minimum atomic E-state index is -1.15. The zero-order chi connectivity index (χ0) is 17.0. The Kier molecular flexibility index (Phi) is 5.41. The molecule has 0 aliphatic carbocycles. The Labute approximate surface area is 142 Å². The normalized spacial score (nSPS) is 10.2. The monoisotopic (exact) mass is 354 g/mol. The predicted molar refractivity (Wildman–Crippen MR) is 86.8 cm³/mol. The number of nitrogens with zero attached hydrogens (tertiary/aromatic N) is 1. The van der Waals surface area contributed by atoms with E-state index in [4.69, 9.17) is 33.0 Å². The van der Waals surface area contributed by atoms with Crippen LogP contribution < -0.4 is 10.1 Å². The van der Waals surface area contributed by atoms with Crippen LogP contribution in [0.3, 0.4) is 0 Å². The van der Waals surface area contributed by atoms with E-state index in [1.165, 1.54) is 30.5 Å². The van der Waals surface area contributed by atoms with Crippen molar-refractivity contribution in [2.24, 2.45) is 0 Å². The van der Waals surface area contributed by atoms with Crippen molar-refractivity contribution in [1.82, 2.24) is 4.98 Å². The zero-order valence-corrected chi connectivity index (χ0v) is 13.5. The number of carboxylic acids is 1. The topological polar surface area (TPSA) is 88.5 Å². The van der Waals surface area contributed by atoms with Crippen LogP contribution in [0, 0.1) is 0 Å². The Hall–Kier alpha value is -2.31. The number of hydrogen-bond donors (Lipinski definition) is 2. The fraction of sp³-hybridized carbons (Fsp3) is 0.133. The van der Waals surface area contributed by atoms with E-state index in [-0.39, 0.29) is 21.3 Å². The fourth-order valence-electron chi connectivity index (χ4n) is 1.77. The number of anilines is 1. The summed E-state index contributed by atoms with van der Waals surface area (Å²) in [7, 11) is 0. The van der Waals surface area contributed by atoms with E-state index in [0.717, 1.165) is 0 Å². The number of halogens is 2. The van der Waals surface area contributed by atoms with Gasteiger partial charge in [-0.3, -0.25) is 4.79 Å². The van der Waals surface area contributed by atoms with E-state index < -0.39 is 11.9 Å². The van der Waals surface area contributed by atoms with Crippen LogP contribution in [-0.4, -0.2) is 28.6 Å². The minimum absolute atomic E-state index is 0.116. The number of aromatic carboxylic acids is 1. The molecule has 2 rings (SSSR count). The Morgan fingerprint density at radius 3 is 2.39 bits per heavy atom. The lowest BCUT2D eigenvalue weighted by molar-refractivity contribution is 0.0690. The maximum Gasteiger partial charge on any atom is 0.354 e. The first-order valence-corrected chi connectivity index (χ1v) is 7.30. The number of benzene rings is 1. The lowest BCUT2D eigenvalue weighted by Crippen LogP contribution is -2.13. The molecule has 2 N–H and O–H groups in total. The minimum Gasteiger partial charge on any atom is -0.491 e. The third-order valence-corrected chi connectivity index (χ3v) is 3.35. The maximum atomic E-state index is 12.2. The van der Waals surface area contributed by atoms with Crippen LogP contribution >= 0.6 is 23.2 Å². The molecule has 0 saturated carbocycles. The van der Waals surface area contributed by atoms with Crippen LogP contribution in [-0.2, 0) is 0 Å². The maximum absolute atomic E-state index is 12.2. The summed E-state index contributed by atoms with van der Waals surface area (Å²) < 4.78 is 5.29. The van der Waals surface area contributed by atoms with Crippen molar-refractivity contribution in [3.63, 3.8) is 0 Å². The second-order valence-electron chi connectivity index (χ2n) is 4.39. The molecule has 0 bridgehead atoms. The predicted octanol–water partition coefficient (Wildman–Crippen LogP) is 3.74. The number of carbonyl (C=O) groups is 2. The Morgan fingerprint density at radius 2 is 1.91 bits per heavy atom. The highest BCUT2D eigenvalue weighted by molar-refractivity contribution is 6.37. The average Bonchev–Trinajstić information content (AvgIpc) is 2.51. The SMILES string of the molecule is CCOc1c(Cl)cc(C(=O)Nc2ccc(C(=O)O)nc2)cc1Cl. The number of hydrogen-bond acceptors (Lipinski definition) is 4. The number of aromatic nitrogens is 1. The first kappa shape index (κ1) is 17.1. The summed E-state index contributed by atoms with van der Waals surface area (Å²) >= 11 is 12.1. The summed E-state index contributed by atoms with van der Waals surface area (Å²) in [6, 6.07) is 5.60. The van der Waals surface area contributed by atoms with Gasteiger partial charge in [0.15, 0.2) is 5.75 Å². The van der Waals surface area contributed by atoms with Gasteiger partial charge in [0.05, 0.1) is 28.5 Å². The van der Waals surface area contributed by atoms with Crippen molar-refractivity contribution in [1.29, 1.82) is 0 Å². The quantitative estimate of drug-likeness (QED) is 0.853. The highest BCUT2D eigenvalue weighted by Gasteiger charge is 2.14. The first-order chi connectivity index (χ1) is 10.9. The number of nitrogens with one attached hydrogen (secondary N) is 1. The van der Waals surface area contributed by atoms with Gasteiger partial charge in [0.25, 0.3) is 5.91 Å². The first-order valence-electron chi connectivity index (χ1n) is 6.55. The highest BCUT2D eigenvalue weighted by atomic mass is 35.5. The summed E-state index contributed by atoms with van der Waals surface area (Å²) in [4.78, 5) is 26.6. The number of carboxylic acid groups (broad SMARTS) is 1. The van der Waals surface area contributed by atoms with Crippen molar-refractivity contribution in [3.8, 4) is 5.75 Å². The van der Waals surface area contributed by atoms with Crippen molar-refractivity contribution >= 4 is 40.8 Å². The standard InChI is InChI=1S/C15H12Cl2N2O4/c1-2-23-13-10(16)5-8(6-11(13)17)14(20)19-9-3-4-12(15(21)22)18-7-9/h3-7H,2H2,1H3,(H,19,20)(H,21,22). The number of amides is 1.